The molecule has 1 aromatic rings. The Kier molecular flexibility index (Phi) is 7.05. The number of nitrogens with zero attached hydrogens (tertiary/aromatic N) is 4. The summed E-state index contributed by atoms with van der Waals surface area (Å²) in [6.45, 7) is 3.96. The number of azide groups is 1. The van der Waals surface area contributed by atoms with Gasteiger partial charge in [0.05, 0.1) is 6.21 Å². The van der Waals surface area contributed by atoms with E-state index in [1.165, 1.54) is 22.9 Å². The smallest absolute Gasteiger partial charge is 0.383 e. The van der Waals surface area contributed by atoms with E-state index in [1.807, 2.05) is 25.1 Å². The van der Waals surface area contributed by atoms with Crippen molar-refractivity contribution in [3.63, 3.8) is 0 Å². The van der Waals surface area contributed by atoms with Crippen molar-refractivity contribution in [3.05, 3.63) is 68.6 Å². The van der Waals surface area contributed by atoms with E-state index >= 15 is 0 Å². The second-order valence-electron chi connectivity index (χ2n) is 10.7. The maximum atomic E-state index is 12.2. The Morgan fingerprint density at radius 3 is 2.78 bits per heavy atom. The van der Waals surface area contributed by atoms with Crippen LogP contribution in [0.1, 0.15) is 75.8 Å². The van der Waals surface area contributed by atoms with Gasteiger partial charge in [0.2, 0.25) is 0 Å². The number of carbonyl (C=O) groups excluding carboxylic acids is 2. The third kappa shape index (κ3) is 4.54. The van der Waals surface area contributed by atoms with Gasteiger partial charge in [0, 0.05) is 28.4 Å². The van der Waals surface area contributed by atoms with Crippen LogP contribution in [0.3, 0.4) is 0 Å². The van der Waals surface area contributed by atoms with E-state index in [0.717, 1.165) is 48.6 Å². The predicted molar refractivity (Wildman–Crippen MR) is 143 cm³/mol. The average Bonchev–Trinajstić information content (AvgIpc) is 3.14. The number of fused-ring (bicyclic) bond motifs is 4. The maximum absolute atomic E-state index is 12.2. The van der Waals surface area contributed by atoms with Crippen molar-refractivity contribution in [2.24, 2.45) is 27.5 Å². The second kappa shape index (κ2) is 10.1. The monoisotopic (exact) mass is 520 g/mol. The molecular weight excluding hydrogens is 488 g/mol. The Hall–Kier alpha value is -2.87. The SMILES string of the molecule is CCSC(=O)O/N=C/c1ccc([C@H]2C[C@@]3(C)[C@@H](CC[C@@]3(O)N=[N+]=[N-])[C@@H]3CCC4=CC(=O)CCC4=C32)cc1. The highest BCUT2D eigenvalue weighted by atomic mass is 32.2. The van der Waals surface area contributed by atoms with E-state index in [4.69, 9.17) is 4.84 Å². The van der Waals surface area contributed by atoms with Crippen molar-refractivity contribution in [3.8, 4) is 0 Å². The number of aliphatic hydroxyl groups is 1. The summed E-state index contributed by atoms with van der Waals surface area (Å²) >= 11 is 1.06. The number of ketones is 1. The molecule has 1 N–H and O–H groups in total. The van der Waals surface area contributed by atoms with E-state index in [0.29, 0.717) is 25.0 Å². The molecule has 2 fully saturated rings. The van der Waals surface area contributed by atoms with Crippen molar-refractivity contribution in [1.82, 2.24) is 0 Å². The topological polar surface area (TPSA) is 125 Å². The summed E-state index contributed by atoms with van der Waals surface area (Å²) in [5.41, 5.74) is 13.1. The number of oxime groups is 1. The fourth-order valence-electron chi connectivity index (χ4n) is 7.27. The number of carbonyl (C=O) groups is 2. The zero-order valence-electron chi connectivity index (χ0n) is 21.2. The summed E-state index contributed by atoms with van der Waals surface area (Å²) in [6, 6.07) is 8.03. The Morgan fingerprint density at radius 1 is 1.27 bits per heavy atom. The highest BCUT2D eigenvalue weighted by Gasteiger charge is 2.62. The van der Waals surface area contributed by atoms with Crippen LogP contribution >= 0.6 is 11.8 Å². The molecule has 5 atom stereocenters. The van der Waals surface area contributed by atoms with Crippen LogP contribution in [0.5, 0.6) is 0 Å². The third-order valence-corrected chi connectivity index (χ3v) is 9.58. The van der Waals surface area contributed by atoms with Gasteiger partial charge in [-0.15, -0.1) is 0 Å². The van der Waals surface area contributed by atoms with Gasteiger partial charge in [-0.25, -0.2) is 4.79 Å². The largest absolute Gasteiger partial charge is 0.393 e. The van der Waals surface area contributed by atoms with Gasteiger partial charge in [-0.1, -0.05) is 54.0 Å². The molecule has 1 aromatic carbocycles. The van der Waals surface area contributed by atoms with E-state index < -0.39 is 16.4 Å². The Bertz CT molecular complexity index is 1250. The second-order valence-corrected chi connectivity index (χ2v) is 11.9. The fourth-order valence-corrected chi connectivity index (χ4v) is 7.60. The molecule has 194 valence electrons. The van der Waals surface area contributed by atoms with Crippen molar-refractivity contribution in [2.45, 2.75) is 70.4 Å². The summed E-state index contributed by atoms with van der Waals surface area (Å²) in [7, 11) is 0. The van der Waals surface area contributed by atoms with E-state index in [9.17, 15) is 20.2 Å². The van der Waals surface area contributed by atoms with Crippen molar-refractivity contribution in [2.75, 3.05) is 5.75 Å². The quantitative estimate of drug-likeness (QED) is 0.114. The molecule has 9 heteroatoms. The summed E-state index contributed by atoms with van der Waals surface area (Å²) in [5, 5.41) is 18.9. The molecule has 0 radical (unpaired) electrons. The van der Waals surface area contributed by atoms with Crippen LogP contribution in [-0.2, 0) is 9.63 Å². The van der Waals surface area contributed by atoms with Gasteiger partial charge in [0.1, 0.15) is 5.72 Å². The first kappa shape index (κ1) is 25.8. The van der Waals surface area contributed by atoms with Gasteiger partial charge in [-0.05, 0) is 96.0 Å². The third-order valence-electron chi connectivity index (χ3n) is 8.98. The van der Waals surface area contributed by atoms with E-state index in [-0.39, 0.29) is 23.5 Å². The number of hydrogen-bond acceptors (Lipinski definition) is 7. The van der Waals surface area contributed by atoms with Gasteiger partial charge < -0.3 is 9.94 Å². The molecule has 4 aliphatic carbocycles. The number of rotatable bonds is 5. The highest BCUT2D eigenvalue weighted by molar-refractivity contribution is 8.13. The first-order valence-corrected chi connectivity index (χ1v) is 14.0. The Morgan fingerprint density at radius 2 is 2.05 bits per heavy atom. The molecule has 0 saturated heterocycles. The molecule has 0 heterocycles. The first-order chi connectivity index (χ1) is 17.8. The van der Waals surface area contributed by atoms with Crippen LogP contribution in [-0.4, -0.2) is 33.9 Å². The molecule has 5 rings (SSSR count). The summed E-state index contributed by atoms with van der Waals surface area (Å²) < 4.78 is 0. The predicted octanol–water partition coefficient (Wildman–Crippen LogP) is 6.81. The van der Waals surface area contributed by atoms with Crippen LogP contribution in [0.25, 0.3) is 10.4 Å². The van der Waals surface area contributed by atoms with Crippen LogP contribution < -0.4 is 0 Å². The van der Waals surface area contributed by atoms with Gasteiger partial charge in [0.25, 0.3) is 0 Å². The molecule has 2 saturated carbocycles. The molecular formula is C28H32N4O4S. The zero-order valence-corrected chi connectivity index (χ0v) is 22.0. The lowest BCUT2D eigenvalue weighted by Crippen LogP contribution is -2.50. The molecule has 8 nitrogen and oxygen atoms in total. The normalized spacial score (nSPS) is 32.8. The molecule has 4 aliphatic rings. The Labute approximate surface area is 220 Å². The van der Waals surface area contributed by atoms with Crippen molar-refractivity contribution >= 4 is 29.1 Å². The van der Waals surface area contributed by atoms with Crippen molar-refractivity contribution in [1.29, 1.82) is 0 Å². The lowest BCUT2D eigenvalue weighted by Gasteiger charge is -2.53. The molecule has 0 amide bonds. The number of hydrogen-bond donors (Lipinski definition) is 1. The van der Waals surface area contributed by atoms with Crippen LogP contribution in [0, 0.1) is 17.3 Å². The van der Waals surface area contributed by atoms with Gasteiger partial charge >= 0.3 is 5.30 Å². The van der Waals surface area contributed by atoms with E-state index in [2.05, 4.69) is 34.2 Å². The first-order valence-electron chi connectivity index (χ1n) is 13.0. The molecule has 0 aliphatic heterocycles. The highest BCUT2D eigenvalue weighted by Crippen LogP contribution is 2.67. The summed E-state index contributed by atoms with van der Waals surface area (Å²) in [4.78, 5) is 31.6. The van der Waals surface area contributed by atoms with Crippen molar-refractivity contribution < 1.29 is 19.5 Å². The molecule has 0 aromatic heterocycles. The minimum atomic E-state index is -1.41. The molecule has 0 bridgehead atoms. The van der Waals surface area contributed by atoms with Gasteiger partial charge in [0.15, 0.2) is 5.78 Å². The minimum absolute atomic E-state index is 0.0430. The lowest BCUT2D eigenvalue weighted by atomic mass is 9.52. The molecule has 0 spiro atoms. The summed E-state index contributed by atoms with van der Waals surface area (Å²) in [6.07, 6.45) is 8.44. The number of benzene rings is 1. The van der Waals surface area contributed by atoms with Crippen LogP contribution in [0.15, 0.2) is 57.3 Å². The summed E-state index contributed by atoms with van der Waals surface area (Å²) in [5.74, 6) is 1.38. The average molecular weight is 521 g/mol. The minimum Gasteiger partial charge on any atom is -0.383 e. The Balaban J connectivity index is 1.53. The standard InChI is InChI=1S/C28H32N4O4S/c1-3-37-26(34)36-30-16-17-4-6-18(7-5-17)23-15-27(2)24(12-13-28(27,35)31-32-29)22-10-8-19-14-20(33)9-11-21(19)25(22)23/h4-7,14,16,22-24,35H,3,8-13,15H2,1-2H3/b30-16+/t22-,23+,24-,27-,28-/m0/s1. The van der Waals surface area contributed by atoms with E-state index in [1.54, 1.807) is 0 Å². The number of thioether (sulfide) groups is 1. The maximum Gasteiger partial charge on any atom is 0.393 e. The number of allylic oxidation sites excluding steroid dienone is 4. The van der Waals surface area contributed by atoms with Crippen LogP contribution in [0.2, 0.25) is 0 Å². The van der Waals surface area contributed by atoms with Gasteiger partial charge in [-0.3, -0.25) is 4.79 Å². The van der Waals surface area contributed by atoms with Crippen LogP contribution in [0.4, 0.5) is 4.79 Å². The fraction of sp³-hybridized carbons (Fsp3) is 0.536. The molecule has 0 unspecified atom stereocenters. The van der Waals surface area contributed by atoms with Gasteiger partial charge in [-0.2, -0.15) is 0 Å². The zero-order chi connectivity index (χ0) is 26.2. The molecule has 37 heavy (non-hydrogen) atoms. The lowest BCUT2D eigenvalue weighted by molar-refractivity contribution is -0.114.